The molecule has 0 saturated heterocycles. The fourth-order valence-corrected chi connectivity index (χ4v) is 2.39. The molecule has 0 spiro atoms. The van der Waals surface area contributed by atoms with Crippen molar-refractivity contribution in [1.29, 1.82) is 0 Å². The largest absolute Gasteiger partial charge is 0.289 e. The molecule has 0 N–H and O–H groups in total. The number of rotatable bonds is 4. The topological polar surface area (TPSA) is 30.0 Å². The summed E-state index contributed by atoms with van der Waals surface area (Å²) in [4.78, 5) is 16.9. The molecule has 0 atom stereocenters. The average Bonchev–Trinajstić information content (AvgIpc) is 2.37. The van der Waals surface area contributed by atoms with Crippen LogP contribution >= 0.6 is 0 Å². The fourth-order valence-electron chi connectivity index (χ4n) is 2.39. The van der Waals surface area contributed by atoms with Gasteiger partial charge in [0.15, 0.2) is 5.78 Å². The molecule has 20 heavy (non-hydrogen) atoms. The summed E-state index contributed by atoms with van der Waals surface area (Å²) in [6.07, 6.45) is 0.992. The van der Waals surface area contributed by atoms with Crippen LogP contribution in [-0.4, -0.2) is 10.8 Å². The zero-order valence-corrected chi connectivity index (χ0v) is 12.6. The van der Waals surface area contributed by atoms with E-state index in [1.54, 1.807) is 0 Å². The number of ketones is 1. The standard InChI is InChI=1S/C18H21NO/c1-12(2)10-15-6-5-7-16(11-15)18(20)17-9-8-13(3)19-14(17)4/h5-9,11-12H,10H2,1-4H3. The Balaban J connectivity index is 2.33. The second-order valence-electron chi connectivity index (χ2n) is 5.71. The van der Waals surface area contributed by atoms with Crippen LogP contribution in [0.25, 0.3) is 0 Å². The third-order valence-corrected chi connectivity index (χ3v) is 3.30. The highest BCUT2D eigenvalue weighted by atomic mass is 16.1. The van der Waals surface area contributed by atoms with Gasteiger partial charge in [0.1, 0.15) is 0 Å². The lowest BCUT2D eigenvalue weighted by molar-refractivity contribution is 0.103. The fraction of sp³-hybridized carbons (Fsp3) is 0.333. The van der Waals surface area contributed by atoms with E-state index in [2.05, 4.69) is 24.9 Å². The van der Waals surface area contributed by atoms with Gasteiger partial charge in [-0.25, -0.2) is 0 Å². The van der Waals surface area contributed by atoms with E-state index in [1.165, 1.54) is 5.56 Å². The molecular formula is C18H21NO. The molecule has 2 aromatic rings. The summed E-state index contributed by atoms with van der Waals surface area (Å²) in [5, 5.41) is 0. The first kappa shape index (κ1) is 14.4. The minimum atomic E-state index is 0.0561. The molecule has 0 fully saturated rings. The third kappa shape index (κ3) is 3.32. The van der Waals surface area contributed by atoms with Gasteiger partial charge in [-0.15, -0.1) is 0 Å². The summed E-state index contributed by atoms with van der Waals surface area (Å²) >= 11 is 0. The highest BCUT2D eigenvalue weighted by Crippen LogP contribution is 2.16. The second-order valence-corrected chi connectivity index (χ2v) is 5.71. The Morgan fingerprint density at radius 2 is 1.90 bits per heavy atom. The summed E-state index contributed by atoms with van der Waals surface area (Å²) in [5.74, 6) is 0.642. The van der Waals surface area contributed by atoms with Crippen LogP contribution in [0, 0.1) is 19.8 Å². The van der Waals surface area contributed by atoms with Crippen molar-refractivity contribution >= 4 is 5.78 Å². The maximum atomic E-state index is 12.6. The molecule has 0 amide bonds. The van der Waals surface area contributed by atoms with Crippen molar-refractivity contribution in [3.8, 4) is 0 Å². The summed E-state index contributed by atoms with van der Waals surface area (Å²) in [5.41, 5.74) is 4.38. The number of pyridine rings is 1. The van der Waals surface area contributed by atoms with E-state index < -0.39 is 0 Å². The van der Waals surface area contributed by atoms with E-state index in [0.29, 0.717) is 11.5 Å². The lowest BCUT2D eigenvalue weighted by atomic mass is 9.97. The van der Waals surface area contributed by atoms with E-state index in [1.807, 2.05) is 44.2 Å². The second kappa shape index (κ2) is 6.00. The molecule has 0 aliphatic rings. The number of benzene rings is 1. The number of aromatic nitrogens is 1. The number of carbonyl (C=O) groups is 1. The van der Waals surface area contributed by atoms with Crippen molar-refractivity contribution in [1.82, 2.24) is 4.98 Å². The van der Waals surface area contributed by atoms with Crippen LogP contribution < -0.4 is 0 Å². The van der Waals surface area contributed by atoms with Crippen molar-refractivity contribution in [2.45, 2.75) is 34.1 Å². The van der Waals surface area contributed by atoms with Gasteiger partial charge >= 0.3 is 0 Å². The van der Waals surface area contributed by atoms with Gasteiger partial charge in [-0.05, 0) is 49.9 Å². The highest BCUT2D eigenvalue weighted by Gasteiger charge is 2.13. The Bertz CT molecular complexity index is 629. The summed E-state index contributed by atoms with van der Waals surface area (Å²) in [6, 6.07) is 11.7. The van der Waals surface area contributed by atoms with Crippen molar-refractivity contribution in [2.24, 2.45) is 5.92 Å². The van der Waals surface area contributed by atoms with Gasteiger partial charge in [0.2, 0.25) is 0 Å². The zero-order valence-electron chi connectivity index (χ0n) is 12.6. The quantitative estimate of drug-likeness (QED) is 0.780. The highest BCUT2D eigenvalue weighted by molar-refractivity contribution is 6.09. The van der Waals surface area contributed by atoms with E-state index in [4.69, 9.17) is 0 Å². The number of hydrogen-bond acceptors (Lipinski definition) is 2. The van der Waals surface area contributed by atoms with E-state index >= 15 is 0 Å². The van der Waals surface area contributed by atoms with Crippen LogP contribution in [0.4, 0.5) is 0 Å². The first-order chi connectivity index (χ1) is 9.47. The monoisotopic (exact) mass is 267 g/mol. The van der Waals surface area contributed by atoms with E-state index in [9.17, 15) is 4.79 Å². The summed E-state index contributed by atoms with van der Waals surface area (Å²) in [7, 11) is 0. The average molecular weight is 267 g/mol. The van der Waals surface area contributed by atoms with Gasteiger partial charge in [-0.3, -0.25) is 9.78 Å². The van der Waals surface area contributed by atoms with Crippen LogP contribution in [0.15, 0.2) is 36.4 Å². The van der Waals surface area contributed by atoms with Crippen LogP contribution in [0.5, 0.6) is 0 Å². The Labute approximate surface area is 120 Å². The molecule has 104 valence electrons. The van der Waals surface area contributed by atoms with Gasteiger partial charge in [0.05, 0.1) is 0 Å². The molecule has 0 bridgehead atoms. The van der Waals surface area contributed by atoms with E-state index in [0.717, 1.165) is 23.4 Å². The minimum Gasteiger partial charge on any atom is -0.289 e. The Morgan fingerprint density at radius 3 is 2.55 bits per heavy atom. The first-order valence-corrected chi connectivity index (χ1v) is 7.05. The lowest BCUT2D eigenvalue weighted by Gasteiger charge is -2.08. The van der Waals surface area contributed by atoms with Gasteiger partial charge in [0, 0.05) is 22.5 Å². The Kier molecular flexibility index (Phi) is 4.33. The summed E-state index contributed by atoms with van der Waals surface area (Å²) in [6.45, 7) is 8.19. The molecule has 0 aliphatic carbocycles. The maximum absolute atomic E-state index is 12.6. The normalized spacial score (nSPS) is 10.8. The van der Waals surface area contributed by atoms with Crippen LogP contribution in [0.1, 0.15) is 46.7 Å². The molecule has 1 heterocycles. The van der Waals surface area contributed by atoms with Crippen LogP contribution in [0.2, 0.25) is 0 Å². The molecule has 2 heteroatoms. The molecule has 1 aromatic carbocycles. The van der Waals surface area contributed by atoms with Crippen molar-refractivity contribution in [3.63, 3.8) is 0 Å². The number of aryl methyl sites for hydroxylation is 2. The minimum absolute atomic E-state index is 0.0561. The molecule has 0 unspecified atom stereocenters. The van der Waals surface area contributed by atoms with Crippen molar-refractivity contribution < 1.29 is 4.79 Å². The summed E-state index contributed by atoms with van der Waals surface area (Å²) < 4.78 is 0. The predicted octanol–water partition coefficient (Wildman–Crippen LogP) is 4.13. The number of carbonyl (C=O) groups excluding carboxylic acids is 1. The van der Waals surface area contributed by atoms with Crippen LogP contribution in [0.3, 0.4) is 0 Å². The molecule has 0 aliphatic heterocycles. The smallest absolute Gasteiger partial charge is 0.194 e. The predicted molar refractivity (Wildman–Crippen MR) is 82.1 cm³/mol. The van der Waals surface area contributed by atoms with Gasteiger partial charge < -0.3 is 0 Å². The molecule has 0 radical (unpaired) electrons. The SMILES string of the molecule is Cc1ccc(C(=O)c2cccc(CC(C)C)c2)c(C)n1. The maximum Gasteiger partial charge on any atom is 0.194 e. The van der Waals surface area contributed by atoms with Gasteiger partial charge in [0.25, 0.3) is 0 Å². The van der Waals surface area contributed by atoms with Gasteiger partial charge in [-0.2, -0.15) is 0 Å². The molecular weight excluding hydrogens is 246 g/mol. The van der Waals surface area contributed by atoms with E-state index in [-0.39, 0.29) is 5.78 Å². The van der Waals surface area contributed by atoms with Gasteiger partial charge in [-0.1, -0.05) is 32.0 Å². The third-order valence-electron chi connectivity index (χ3n) is 3.30. The Morgan fingerprint density at radius 1 is 1.15 bits per heavy atom. The zero-order chi connectivity index (χ0) is 14.7. The first-order valence-electron chi connectivity index (χ1n) is 7.05. The Hall–Kier alpha value is -1.96. The van der Waals surface area contributed by atoms with Crippen molar-refractivity contribution in [3.05, 3.63) is 64.5 Å². The van der Waals surface area contributed by atoms with Crippen molar-refractivity contribution in [2.75, 3.05) is 0 Å². The number of nitrogens with zero attached hydrogens (tertiary/aromatic N) is 1. The van der Waals surface area contributed by atoms with Crippen LogP contribution in [-0.2, 0) is 6.42 Å². The molecule has 0 saturated carbocycles. The lowest BCUT2D eigenvalue weighted by Crippen LogP contribution is -2.06. The molecule has 2 nitrogen and oxygen atoms in total. The number of hydrogen-bond donors (Lipinski definition) is 0. The molecule has 1 aromatic heterocycles. The molecule has 2 rings (SSSR count).